The summed E-state index contributed by atoms with van der Waals surface area (Å²) in [5.41, 5.74) is 6.30. The molecule has 10 nitrogen and oxygen atoms in total. The first-order chi connectivity index (χ1) is 14.8. The number of nitrogens with one attached hydrogen (secondary N) is 1. The van der Waals surface area contributed by atoms with Crippen molar-refractivity contribution in [1.82, 2.24) is 9.55 Å². The highest BCUT2D eigenvalue weighted by molar-refractivity contribution is 5.90. The molecular formula is C19H18F2N6O4. The number of nitrogens with zero attached hydrogens (tertiary/aromatic N) is 4. The van der Waals surface area contributed by atoms with Gasteiger partial charge in [0, 0.05) is 17.4 Å². The first kappa shape index (κ1) is 20.4. The molecule has 12 heteroatoms. The average molecular weight is 432 g/mol. The molecule has 2 atom stereocenters. The van der Waals surface area contributed by atoms with E-state index in [0.717, 1.165) is 4.90 Å². The third-order valence-electron chi connectivity index (χ3n) is 5.06. The highest BCUT2D eigenvalue weighted by atomic mass is 19.3. The minimum Gasteiger partial charge on any atom is -0.491 e. The van der Waals surface area contributed by atoms with E-state index in [1.165, 1.54) is 12.3 Å². The predicted molar refractivity (Wildman–Crippen MR) is 105 cm³/mol. The lowest BCUT2D eigenvalue weighted by Crippen LogP contribution is -2.38. The zero-order valence-corrected chi connectivity index (χ0v) is 16.3. The summed E-state index contributed by atoms with van der Waals surface area (Å²) in [6.07, 6.45) is -2.20. The molecule has 2 amide bonds. The van der Waals surface area contributed by atoms with Crippen LogP contribution in [0.3, 0.4) is 0 Å². The lowest BCUT2D eigenvalue weighted by Gasteiger charge is -2.18. The number of primary amides is 1. The number of carbonyl (C=O) groups is 2. The van der Waals surface area contributed by atoms with E-state index in [2.05, 4.69) is 15.1 Å². The number of halogens is 2. The second kappa shape index (κ2) is 7.75. The summed E-state index contributed by atoms with van der Waals surface area (Å²) in [4.78, 5) is 32.1. The van der Waals surface area contributed by atoms with Crippen LogP contribution < -0.4 is 20.7 Å². The van der Waals surface area contributed by atoms with Gasteiger partial charge in [-0.05, 0) is 19.1 Å². The highest BCUT2D eigenvalue weighted by Crippen LogP contribution is 2.41. The Kier molecular flexibility index (Phi) is 5.10. The summed E-state index contributed by atoms with van der Waals surface area (Å²) in [5, 5.41) is 2.88. The van der Waals surface area contributed by atoms with Gasteiger partial charge in [0.2, 0.25) is 11.6 Å². The third-order valence-corrected chi connectivity index (χ3v) is 5.06. The van der Waals surface area contributed by atoms with E-state index in [-0.39, 0.29) is 18.1 Å². The van der Waals surface area contributed by atoms with Gasteiger partial charge in [-0.2, -0.15) is 0 Å². The number of nitrogens with two attached hydrogens (primary N) is 1. The zero-order valence-electron chi connectivity index (χ0n) is 16.3. The van der Waals surface area contributed by atoms with E-state index in [0.29, 0.717) is 29.4 Å². The Morgan fingerprint density at radius 1 is 1.42 bits per heavy atom. The summed E-state index contributed by atoms with van der Waals surface area (Å²) >= 11 is 0. The number of anilines is 2. The van der Waals surface area contributed by atoms with Gasteiger partial charge >= 0.3 is 6.09 Å². The van der Waals surface area contributed by atoms with E-state index < -0.39 is 37.1 Å². The molecule has 0 spiro atoms. The van der Waals surface area contributed by atoms with Crippen LogP contribution in [0.1, 0.15) is 6.92 Å². The summed E-state index contributed by atoms with van der Waals surface area (Å²) in [5.74, 6) is 0.189. The molecule has 0 unspecified atom stereocenters. The van der Waals surface area contributed by atoms with Gasteiger partial charge in [0.05, 0.1) is 13.1 Å². The molecule has 2 aliphatic rings. The molecule has 3 heterocycles. The number of hydrogen-bond donors (Lipinski definition) is 2. The van der Waals surface area contributed by atoms with Crippen molar-refractivity contribution < 1.29 is 27.8 Å². The van der Waals surface area contributed by atoms with E-state index in [4.69, 9.17) is 21.8 Å². The molecular weight excluding hydrogens is 414 g/mol. The normalized spacial score (nSPS) is 18.4. The predicted octanol–water partition coefficient (Wildman–Crippen LogP) is 2.37. The Labute approximate surface area is 175 Å². The van der Waals surface area contributed by atoms with E-state index in [9.17, 15) is 18.4 Å². The second-order valence-corrected chi connectivity index (χ2v) is 7.06. The van der Waals surface area contributed by atoms with Crippen molar-refractivity contribution in [3.8, 4) is 17.1 Å². The largest absolute Gasteiger partial charge is 0.491 e. The number of amides is 2. The Morgan fingerprint density at radius 3 is 2.87 bits per heavy atom. The summed E-state index contributed by atoms with van der Waals surface area (Å²) in [7, 11) is 0. The van der Waals surface area contributed by atoms with Crippen molar-refractivity contribution >= 4 is 29.2 Å². The van der Waals surface area contributed by atoms with Crippen molar-refractivity contribution in [1.29, 1.82) is 0 Å². The molecule has 1 saturated heterocycles. The van der Waals surface area contributed by atoms with Crippen LogP contribution in [0.25, 0.3) is 16.2 Å². The number of carbonyl (C=O) groups excluding carboxylic acids is 2. The van der Waals surface area contributed by atoms with Crippen LogP contribution in [0.4, 0.5) is 30.8 Å². The van der Waals surface area contributed by atoms with E-state index in [1.807, 2.05) is 0 Å². The van der Waals surface area contributed by atoms with Gasteiger partial charge in [-0.3, -0.25) is 4.79 Å². The number of imidazole rings is 1. The van der Waals surface area contributed by atoms with Crippen molar-refractivity contribution in [2.75, 3.05) is 23.4 Å². The summed E-state index contributed by atoms with van der Waals surface area (Å²) < 4.78 is 38.9. The lowest BCUT2D eigenvalue weighted by atomic mass is 10.1. The van der Waals surface area contributed by atoms with Gasteiger partial charge in [0.1, 0.15) is 36.9 Å². The molecule has 31 heavy (non-hydrogen) atoms. The lowest BCUT2D eigenvalue weighted by molar-refractivity contribution is -0.118. The Balaban J connectivity index is 1.77. The smallest absolute Gasteiger partial charge is 0.416 e. The Bertz CT molecular complexity index is 1100. The van der Waals surface area contributed by atoms with Gasteiger partial charge in [-0.15, -0.1) is 0 Å². The minimum absolute atomic E-state index is 0.0320. The van der Waals surface area contributed by atoms with Crippen molar-refractivity contribution in [3.63, 3.8) is 0 Å². The second-order valence-electron chi connectivity index (χ2n) is 7.06. The highest BCUT2D eigenvalue weighted by Gasteiger charge is 2.42. The van der Waals surface area contributed by atoms with Crippen molar-refractivity contribution in [3.05, 3.63) is 29.7 Å². The van der Waals surface area contributed by atoms with E-state index >= 15 is 0 Å². The standard InChI is InChI=1S/C19H18F2N6O4/c1-9(17(22)28)24-12-6-14-10(5-11(12)23-2)18-25-15(7-26(18)3-4-30-14)27-13(16(20)21)8-31-19(27)29/h5-7,9,13,16,24H,3-4,8H2,1H3,(H2,22,28)/t9-,13-/m0/s1. The number of alkyl halides is 2. The maximum Gasteiger partial charge on any atom is 0.416 e. The summed E-state index contributed by atoms with van der Waals surface area (Å²) in [6, 6.07) is 0.950. The van der Waals surface area contributed by atoms with E-state index in [1.54, 1.807) is 17.6 Å². The average Bonchev–Trinajstić information content (AvgIpc) is 3.27. The van der Waals surface area contributed by atoms with Crippen LogP contribution in [0.15, 0.2) is 18.3 Å². The molecule has 0 bridgehead atoms. The fraction of sp³-hybridized carbons (Fsp3) is 0.368. The van der Waals surface area contributed by atoms with Crippen LogP contribution in [0.5, 0.6) is 5.75 Å². The van der Waals surface area contributed by atoms with Gasteiger partial charge in [-0.1, -0.05) is 0 Å². The van der Waals surface area contributed by atoms with Crippen molar-refractivity contribution in [2.45, 2.75) is 32.0 Å². The van der Waals surface area contributed by atoms with Crippen LogP contribution >= 0.6 is 0 Å². The number of aromatic nitrogens is 2. The fourth-order valence-corrected chi connectivity index (χ4v) is 3.42. The van der Waals surface area contributed by atoms with Gasteiger partial charge in [0.25, 0.3) is 6.43 Å². The first-order valence-corrected chi connectivity index (χ1v) is 9.36. The molecule has 1 aromatic heterocycles. The molecule has 1 aromatic carbocycles. The van der Waals surface area contributed by atoms with Crippen LogP contribution in [0.2, 0.25) is 0 Å². The third kappa shape index (κ3) is 3.58. The number of cyclic esters (lactones) is 1. The number of rotatable bonds is 5. The maximum atomic E-state index is 13.3. The molecule has 2 aliphatic heterocycles. The quantitative estimate of drug-likeness (QED) is 0.701. The minimum atomic E-state index is -2.79. The molecule has 2 aromatic rings. The maximum absolute atomic E-state index is 13.3. The van der Waals surface area contributed by atoms with Gasteiger partial charge < -0.3 is 25.1 Å². The van der Waals surface area contributed by atoms with Gasteiger partial charge in [-0.25, -0.2) is 28.3 Å². The SMILES string of the molecule is [C-]#[N+]c1cc2c(cc1N[C@@H](C)C(N)=O)OCCn1cc(N3C(=O)OC[C@H]3C(F)F)nc1-2. The number of fused-ring (bicyclic) bond motifs is 3. The van der Waals surface area contributed by atoms with Crippen LogP contribution in [0, 0.1) is 6.57 Å². The topological polar surface area (TPSA) is 116 Å². The molecule has 3 N–H and O–H groups in total. The first-order valence-electron chi connectivity index (χ1n) is 9.36. The molecule has 1 fully saturated rings. The molecule has 4 rings (SSSR count). The molecule has 0 saturated carbocycles. The number of ether oxygens (including phenoxy) is 2. The fourth-order valence-electron chi connectivity index (χ4n) is 3.42. The molecule has 162 valence electrons. The molecule has 0 aliphatic carbocycles. The Morgan fingerprint density at radius 2 is 2.19 bits per heavy atom. The van der Waals surface area contributed by atoms with Crippen LogP contribution in [-0.2, 0) is 16.1 Å². The number of benzene rings is 1. The molecule has 0 radical (unpaired) electrons. The monoisotopic (exact) mass is 432 g/mol. The van der Waals surface area contributed by atoms with Crippen LogP contribution in [-0.4, -0.2) is 53.3 Å². The van der Waals surface area contributed by atoms with Gasteiger partial charge in [0.15, 0.2) is 5.82 Å². The number of hydrogen-bond acceptors (Lipinski definition) is 6. The Hall–Kier alpha value is -3.88. The zero-order chi connectivity index (χ0) is 22.3. The van der Waals surface area contributed by atoms with Crippen molar-refractivity contribution in [2.24, 2.45) is 5.73 Å². The summed E-state index contributed by atoms with van der Waals surface area (Å²) in [6.45, 7) is 9.20.